The van der Waals surface area contributed by atoms with E-state index in [1.807, 2.05) is 60.7 Å². The molecular formula is C23H18N2O. The standard InChI is InChI=1S/C23H18N2O/c1-16-4-2-5-20(14-16)17-7-9-19(10-8-17)23(26)25-21-12-11-18-6-3-13-24-22(18)15-21/h2-15H,1H3,(H,25,26). The fraction of sp³-hybridized carbons (Fsp3) is 0.0435. The van der Waals surface area contributed by atoms with Crippen molar-refractivity contribution in [3.05, 3.63) is 96.2 Å². The zero-order valence-corrected chi connectivity index (χ0v) is 14.4. The van der Waals surface area contributed by atoms with Crippen molar-refractivity contribution in [3.63, 3.8) is 0 Å². The van der Waals surface area contributed by atoms with Crippen molar-refractivity contribution in [2.24, 2.45) is 0 Å². The van der Waals surface area contributed by atoms with Gasteiger partial charge in [-0.2, -0.15) is 0 Å². The number of benzene rings is 3. The van der Waals surface area contributed by atoms with Gasteiger partial charge >= 0.3 is 0 Å². The lowest BCUT2D eigenvalue weighted by atomic mass is 10.0. The van der Waals surface area contributed by atoms with Crippen molar-refractivity contribution in [1.82, 2.24) is 4.98 Å². The van der Waals surface area contributed by atoms with Crippen LogP contribution in [-0.2, 0) is 0 Å². The van der Waals surface area contributed by atoms with Gasteiger partial charge in [-0.25, -0.2) is 0 Å². The largest absolute Gasteiger partial charge is 0.322 e. The van der Waals surface area contributed by atoms with Crippen molar-refractivity contribution >= 4 is 22.5 Å². The molecule has 126 valence electrons. The summed E-state index contributed by atoms with van der Waals surface area (Å²) >= 11 is 0. The molecule has 0 fully saturated rings. The summed E-state index contributed by atoms with van der Waals surface area (Å²) in [6, 6.07) is 25.6. The Labute approximate surface area is 152 Å². The van der Waals surface area contributed by atoms with Crippen molar-refractivity contribution < 1.29 is 4.79 Å². The molecule has 0 spiro atoms. The Kier molecular flexibility index (Phi) is 4.20. The second kappa shape index (κ2) is 6.81. The molecule has 3 aromatic carbocycles. The summed E-state index contributed by atoms with van der Waals surface area (Å²) in [5.41, 5.74) is 5.69. The summed E-state index contributed by atoms with van der Waals surface area (Å²) in [6.45, 7) is 2.07. The van der Waals surface area contributed by atoms with Crippen LogP contribution in [0.5, 0.6) is 0 Å². The maximum atomic E-state index is 12.5. The van der Waals surface area contributed by atoms with Crippen LogP contribution in [0.4, 0.5) is 5.69 Å². The second-order valence-corrected chi connectivity index (χ2v) is 6.31. The van der Waals surface area contributed by atoms with E-state index in [1.54, 1.807) is 6.20 Å². The van der Waals surface area contributed by atoms with Crippen molar-refractivity contribution in [2.45, 2.75) is 6.92 Å². The van der Waals surface area contributed by atoms with Gasteiger partial charge in [-0.3, -0.25) is 9.78 Å². The molecule has 26 heavy (non-hydrogen) atoms. The molecule has 0 atom stereocenters. The number of hydrogen-bond acceptors (Lipinski definition) is 2. The Morgan fingerprint density at radius 2 is 1.69 bits per heavy atom. The first kappa shape index (κ1) is 16.0. The normalized spacial score (nSPS) is 10.7. The van der Waals surface area contributed by atoms with Crippen LogP contribution >= 0.6 is 0 Å². The molecule has 3 nitrogen and oxygen atoms in total. The molecule has 4 rings (SSSR count). The van der Waals surface area contributed by atoms with E-state index in [4.69, 9.17) is 0 Å². The molecule has 1 N–H and O–H groups in total. The van der Waals surface area contributed by atoms with Crippen molar-refractivity contribution in [2.75, 3.05) is 5.32 Å². The molecule has 3 heteroatoms. The van der Waals surface area contributed by atoms with Gasteiger partial charge in [0.15, 0.2) is 0 Å². The fourth-order valence-electron chi connectivity index (χ4n) is 2.99. The van der Waals surface area contributed by atoms with Crippen molar-refractivity contribution in [1.29, 1.82) is 0 Å². The molecule has 0 unspecified atom stereocenters. The van der Waals surface area contributed by atoms with E-state index in [0.29, 0.717) is 5.56 Å². The Bertz CT molecular complexity index is 1080. The summed E-state index contributed by atoms with van der Waals surface area (Å²) in [4.78, 5) is 16.8. The number of carbonyl (C=O) groups excluding carboxylic acids is 1. The molecule has 1 heterocycles. The first-order chi connectivity index (χ1) is 12.7. The maximum absolute atomic E-state index is 12.5. The topological polar surface area (TPSA) is 42.0 Å². The first-order valence-electron chi connectivity index (χ1n) is 8.52. The Balaban J connectivity index is 1.54. The van der Waals surface area contributed by atoms with Gasteiger partial charge in [0.25, 0.3) is 5.91 Å². The highest BCUT2D eigenvalue weighted by atomic mass is 16.1. The van der Waals surface area contributed by atoms with Crippen LogP contribution in [0.1, 0.15) is 15.9 Å². The number of nitrogens with one attached hydrogen (secondary N) is 1. The number of amides is 1. The van der Waals surface area contributed by atoms with E-state index in [2.05, 4.69) is 35.4 Å². The smallest absolute Gasteiger partial charge is 0.255 e. The summed E-state index contributed by atoms with van der Waals surface area (Å²) in [6.07, 6.45) is 1.75. The number of hydrogen-bond donors (Lipinski definition) is 1. The minimum absolute atomic E-state index is 0.129. The molecule has 0 bridgehead atoms. The number of aromatic nitrogens is 1. The van der Waals surface area contributed by atoms with Gasteiger partial charge in [-0.1, -0.05) is 54.1 Å². The summed E-state index contributed by atoms with van der Waals surface area (Å²) in [5.74, 6) is -0.129. The van der Waals surface area contributed by atoms with Gasteiger partial charge < -0.3 is 5.32 Å². The molecule has 0 radical (unpaired) electrons. The van der Waals surface area contributed by atoms with Gasteiger partial charge in [-0.05, 0) is 48.4 Å². The lowest BCUT2D eigenvalue weighted by molar-refractivity contribution is 0.102. The number of pyridine rings is 1. The summed E-state index contributed by atoms with van der Waals surface area (Å²) in [7, 11) is 0. The van der Waals surface area contributed by atoms with Crippen LogP contribution in [-0.4, -0.2) is 10.9 Å². The molecule has 0 saturated heterocycles. The Hall–Kier alpha value is -3.46. The lowest BCUT2D eigenvalue weighted by Crippen LogP contribution is -2.11. The molecule has 0 saturated carbocycles. The van der Waals surface area contributed by atoms with E-state index < -0.39 is 0 Å². The highest BCUT2D eigenvalue weighted by Crippen LogP contribution is 2.22. The number of carbonyl (C=O) groups is 1. The van der Waals surface area contributed by atoms with E-state index in [9.17, 15) is 4.79 Å². The van der Waals surface area contributed by atoms with Crippen LogP contribution in [0.2, 0.25) is 0 Å². The number of nitrogens with zero attached hydrogens (tertiary/aromatic N) is 1. The Morgan fingerprint density at radius 3 is 2.50 bits per heavy atom. The van der Waals surface area contributed by atoms with Gasteiger partial charge in [0.2, 0.25) is 0 Å². The second-order valence-electron chi connectivity index (χ2n) is 6.31. The molecule has 0 aliphatic heterocycles. The van der Waals surface area contributed by atoms with Crippen LogP contribution in [0.25, 0.3) is 22.0 Å². The average Bonchev–Trinajstić information content (AvgIpc) is 2.68. The van der Waals surface area contributed by atoms with Gasteiger partial charge in [0.05, 0.1) is 5.52 Å². The van der Waals surface area contributed by atoms with E-state index in [1.165, 1.54) is 5.56 Å². The summed E-state index contributed by atoms with van der Waals surface area (Å²) in [5, 5.41) is 3.99. The van der Waals surface area contributed by atoms with Gasteiger partial charge in [0, 0.05) is 22.8 Å². The molecule has 1 aromatic heterocycles. The maximum Gasteiger partial charge on any atom is 0.255 e. The number of fused-ring (bicyclic) bond motifs is 1. The SMILES string of the molecule is Cc1cccc(-c2ccc(C(=O)Nc3ccc4cccnc4c3)cc2)c1. The predicted molar refractivity (Wildman–Crippen MR) is 106 cm³/mol. The van der Waals surface area contributed by atoms with Crippen LogP contribution in [0, 0.1) is 6.92 Å². The monoisotopic (exact) mass is 338 g/mol. The average molecular weight is 338 g/mol. The van der Waals surface area contributed by atoms with E-state index in [-0.39, 0.29) is 5.91 Å². The first-order valence-corrected chi connectivity index (χ1v) is 8.52. The molecule has 0 aliphatic carbocycles. The number of aryl methyl sites for hydroxylation is 1. The van der Waals surface area contributed by atoms with Crippen LogP contribution in [0.3, 0.4) is 0 Å². The molecular weight excluding hydrogens is 320 g/mol. The third kappa shape index (κ3) is 3.33. The quantitative estimate of drug-likeness (QED) is 0.539. The van der Waals surface area contributed by atoms with Crippen molar-refractivity contribution in [3.8, 4) is 11.1 Å². The predicted octanol–water partition coefficient (Wildman–Crippen LogP) is 5.46. The van der Waals surface area contributed by atoms with Gasteiger partial charge in [-0.15, -0.1) is 0 Å². The highest BCUT2D eigenvalue weighted by Gasteiger charge is 2.07. The lowest BCUT2D eigenvalue weighted by Gasteiger charge is -2.08. The fourth-order valence-corrected chi connectivity index (χ4v) is 2.99. The molecule has 4 aromatic rings. The minimum Gasteiger partial charge on any atom is -0.322 e. The third-order valence-electron chi connectivity index (χ3n) is 4.36. The number of rotatable bonds is 3. The van der Waals surface area contributed by atoms with Gasteiger partial charge in [0.1, 0.15) is 0 Å². The van der Waals surface area contributed by atoms with Crippen LogP contribution in [0.15, 0.2) is 85.1 Å². The zero-order valence-electron chi connectivity index (χ0n) is 14.4. The number of anilines is 1. The minimum atomic E-state index is -0.129. The molecule has 0 aliphatic rings. The molecule has 1 amide bonds. The third-order valence-corrected chi connectivity index (χ3v) is 4.36. The van der Waals surface area contributed by atoms with Crippen LogP contribution < -0.4 is 5.32 Å². The highest BCUT2D eigenvalue weighted by molar-refractivity contribution is 6.05. The Morgan fingerprint density at radius 1 is 0.846 bits per heavy atom. The summed E-state index contributed by atoms with van der Waals surface area (Å²) < 4.78 is 0. The zero-order chi connectivity index (χ0) is 17.9. The van der Waals surface area contributed by atoms with E-state index >= 15 is 0 Å². The van der Waals surface area contributed by atoms with E-state index in [0.717, 1.165) is 27.7 Å².